The first-order valence-electron chi connectivity index (χ1n) is 5.88. The van der Waals surface area contributed by atoms with Gasteiger partial charge in [0.1, 0.15) is 0 Å². The number of benzene rings is 1. The average Bonchev–Trinajstić information content (AvgIpc) is 2.35. The van der Waals surface area contributed by atoms with E-state index in [1.54, 1.807) is 0 Å². The number of nitrogens with zero attached hydrogens (tertiary/aromatic N) is 1. The number of hydrogen-bond acceptors (Lipinski definition) is 3. The molecule has 1 unspecified atom stereocenters. The van der Waals surface area contributed by atoms with E-state index in [-0.39, 0.29) is 0 Å². The summed E-state index contributed by atoms with van der Waals surface area (Å²) in [5, 5.41) is 9.69. The van der Waals surface area contributed by atoms with Crippen molar-refractivity contribution < 1.29 is 14.6 Å². The Morgan fingerprint density at radius 1 is 1.61 bits per heavy atom. The standard InChI is InChI=1S/C13H16ClNO3/c1-9-10(3-2-4-11(9)14)7-15-5-6-18-12(8-15)13(16)17/h2-4,12H,5-8H2,1H3,(H,16,17). The number of morpholine rings is 1. The van der Waals surface area contributed by atoms with Crippen LogP contribution in [0.25, 0.3) is 0 Å². The van der Waals surface area contributed by atoms with E-state index in [4.69, 9.17) is 21.4 Å². The molecule has 1 aliphatic rings. The molecule has 1 atom stereocenters. The maximum atomic E-state index is 10.9. The summed E-state index contributed by atoms with van der Waals surface area (Å²) < 4.78 is 5.19. The fourth-order valence-corrected chi connectivity index (χ4v) is 2.25. The summed E-state index contributed by atoms with van der Waals surface area (Å²) in [6.45, 7) is 4.31. The third-order valence-electron chi connectivity index (χ3n) is 3.20. The van der Waals surface area contributed by atoms with Gasteiger partial charge in [0.25, 0.3) is 0 Å². The molecule has 18 heavy (non-hydrogen) atoms. The van der Waals surface area contributed by atoms with Crippen molar-refractivity contribution in [3.05, 3.63) is 34.3 Å². The highest BCUT2D eigenvalue weighted by Gasteiger charge is 2.26. The minimum Gasteiger partial charge on any atom is -0.479 e. The fourth-order valence-electron chi connectivity index (χ4n) is 2.06. The molecule has 1 fully saturated rings. The molecule has 4 nitrogen and oxygen atoms in total. The number of carbonyl (C=O) groups is 1. The quantitative estimate of drug-likeness (QED) is 0.911. The summed E-state index contributed by atoms with van der Waals surface area (Å²) in [4.78, 5) is 13.0. The van der Waals surface area contributed by atoms with Gasteiger partial charge in [-0.3, -0.25) is 4.90 Å². The number of aliphatic carboxylic acids is 1. The molecule has 1 saturated heterocycles. The van der Waals surface area contributed by atoms with Gasteiger partial charge in [0, 0.05) is 24.7 Å². The van der Waals surface area contributed by atoms with Crippen LogP contribution in [-0.4, -0.2) is 41.8 Å². The summed E-state index contributed by atoms with van der Waals surface area (Å²) in [5.41, 5.74) is 2.19. The van der Waals surface area contributed by atoms with Gasteiger partial charge in [0.15, 0.2) is 6.10 Å². The van der Waals surface area contributed by atoms with E-state index in [9.17, 15) is 4.79 Å². The molecule has 1 aliphatic heterocycles. The van der Waals surface area contributed by atoms with Crippen molar-refractivity contribution in [2.75, 3.05) is 19.7 Å². The van der Waals surface area contributed by atoms with Crippen LogP contribution in [0, 0.1) is 6.92 Å². The van der Waals surface area contributed by atoms with Crippen LogP contribution in [-0.2, 0) is 16.1 Å². The predicted molar refractivity (Wildman–Crippen MR) is 68.8 cm³/mol. The zero-order valence-corrected chi connectivity index (χ0v) is 11.0. The summed E-state index contributed by atoms with van der Waals surface area (Å²) in [5.74, 6) is -0.900. The lowest BCUT2D eigenvalue weighted by Gasteiger charge is -2.31. The number of ether oxygens (including phenoxy) is 1. The molecule has 1 aromatic carbocycles. The third-order valence-corrected chi connectivity index (χ3v) is 3.61. The zero-order valence-electron chi connectivity index (χ0n) is 10.2. The van der Waals surface area contributed by atoms with Crippen molar-refractivity contribution in [2.24, 2.45) is 0 Å². The van der Waals surface area contributed by atoms with E-state index in [0.29, 0.717) is 19.7 Å². The van der Waals surface area contributed by atoms with Crippen molar-refractivity contribution in [2.45, 2.75) is 19.6 Å². The van der Waals surface area contributed by atoms with E-state index in [2.05, 4.69) is 4.90 Å². The minimum absolute atomic E-state index is 0.418. The summed E-state index contributed by atoms with van der Waals surface area (Å²) in [6, 6.07) is 5.80. The Morgan fingerprint density at radius 3 is 3.11 bits per heavy atom. The molecule has 0 radical (unpaired) electrons. The van der Waals surface area contributed by atoms with Crippen LogP contribution in [0.5, 0.6) is 0 Å². The topological polar surface area (TPSA) is 49.8 Å². The van der Waals surface area contributed by atoms with E-state index >= 15 is 0 Å². The smallest absolute Gasteiger partial charge is 0.334 e. The van der Waals surface area contributed by atoms with Crippen molar-refractivity contribution in [1.29, 1.82) is 0 Å². The molecule has 0 spiro atoms. The monoisotopic (exact) mass is 269 g/mol. The van der Waals surface area contributed by atoms with E-state index in [1.807, 2.05) is 25.1 Å². The minimum atomic E-state index is -0.900. The fraction of sp³-hybridized carbons (Fsp3) is 0.462. The molecule has 1 N–H and O–H groups in total. The third kappa shape index (κ3) is 3.02. The lowest BCUT2D eigenvalue weighted by atomic mass is 10.1. The van der Waals surface area contributed by atoms with E-state index in [1.165, 1.54) is 0 Å². The molecule has 0 aliphatic carbocycles. The normalized spacial score (nSPS) is 20.9. The molecular weight excluding hydrogens is 254 g/mol. The van der Waals surface area contributed by atoms with Gasteiger partial charge in [0.05, 0.1) is 6.61 Å². The van der Waals surface area contributed by atoms with Gasteiger partial charge in [-0.2, -0.15) is 0 Å². The molecule has 1 heterocycles. The van der Waals surface area contributed by atoms with Crippen LogP contribution in [0.15, 0.2) is 18.2 Å². The first-order valence-corrected chi connectivity index (χ1v) is 6.26. The van der Waals surface area contributed by atoms with Crippen LogP contribution in [0.2, 0.25) is 5.02 Å². The van der Waals surface area contributed by atoms with Crippen molar-refractivity contribution in [3.63, 3.8) is 0 Å². The number of halogens is 1. The van der Waals surface area contributed by atoms with Gasteiger partial charge in [-0.1, -0.05) is 23.7 Å². The Bertz CT molecular complexity index is 450. The van der Waals surface area contributed by atoms with E-state index < -0.39 is 12.1 Å². The second-order valence-corrected chi connectivity index (χ2v) is 4.86. The molecular formula is C13H16ClNO3. The molecule has 2 rings (SSSR count). The first-order chi connectivity index (χ1) is 8.58. The van der Waals surface area contributed by atoms with Gasteiger partial charge in [-0.05, 0) is 24.1 Å². The Labute approximate surface area is 111 Å². The Balaban J connectivity index is 2.05. The maximum absolute atomic E-state index is 10.9. The molecule has 0 amide bonds. The molecule has 0 saturated carbocycles. The van der Waals surface area contributed by atoms with E-state index in [0.717, 1.165) is 22.7 Å². The summed E-state index contributed by atoms with van der Waals surface area (Å²) in [6.07, 6.45) is -0.724. The van der Waals surface area contributed by atoms with Gasteiger partial charge in [0.2, 0.25) is 0 Å². The molecule has 0 aromatic heterocycles. The van der Waals surface area contributed by atoms with Gasteiger partial charge in [-0.15, -0.1) is 0 Å². The van der Waals surface area contributed by atoms with Crippen LogP contribution >= 0.6 is 11.6 Å². The highest BCUT2D eigenvalue weighted by atomic mass is 35.5. The Morgan fingerprint density at radius 2 is 2.39 bits per heavy atom. The average molecular weight is 270 g/mol. The largest absolute Gasteiger partial charge is 0.479 e. The van der Waals surface area contributed by atoms with Crippen molar-refractivity contribution in [1.82, 2.24) is 4.90 Å². The Kier molecular flexibility index (Phi) is 4.22. The molecule has 0 bridgehead atoms. The lowest BCUT2D eigenvalue weighted by Crippen LogP contribution is -2.45. The maximum Gasteiger partial charge on any atom is 0.334 e. The number of carboxylic acids is 1. The number of hydrogen-bond donors (Lipinski definition) is 1. The van der Waals surface area contributed by atoms with Crippen molar-refractivity contribution >= 4 is 17.6 Å². The van der Waals surface area contributed by atoms with Gasteiger partial charge < -0.3 is 9.84 Å². The first kappa shape index (κ1) is 13.3. The number of rotatable bonds is 3. The molecule has 1 aromatic rings. The summed E-state index contributed by atoms with van der Waals surface area (Å²) in [7, 11) is 0. The Hall–Kier alpha value is -1.10. The van der Waals surface area contributed by atoms with Crippen LogP contribution in [0.4, 0.5) is 0 Å². The molecule has 98 valence electrons. The highest BCUT2D eigenvalue weighted by Crippen LogP contribution is 2.21. The number of carboxylic acid groups (broad SMARTS) is 1. The highest BCUT2D eigenvalue weighted by molar-refractivity contribution is 6.31. The van der Waals surface area contributed by atoms with Crippen LogP contribution in [0.1, 0.15) is 11.1 Å². The zero-order chi connectivity index (χ0) is 13.1. The van der Waals surface area contributed by atoms with Gasteiger partial charge in [-0.25, -0.2) is 4.79 Å². The predicted octanol–water partition coefficient (Wildman–Crippen LogP) is 1.93. The van der Waals surface area contributed by atoms with Crippen LogP contribution in [0.3, 0.4) is 0 Å². The SMILES string of the molecule is Cc1c(Cl)cccc1CN1CCOC(C(=O)O)C1. The summed E-state index contributed by atoms with van der Waals surface area (Å²) >= 11 is 6.07. The van der Waals surface area contributed by atoms with Crippen LogP contribution < -0.4 is 0 Å². The second-order valence-electron chi connectivity index (χ2n) is 4.46. The second kappa shape index (κ2) is 5.69. The lowest BCUT2D eigenvalue weighted by molar-refractivity contribution is -0.156. The van der Waals surface area contributed by atoms with Crippen molar-refractivity contribution in [3.8, 4) is 0 Å². The molecule has 5 heteroatoms. The van der Waals surface area contributed by atoms with Gasteiger partial charge >= 0.3 is 5.97 Å².